The summed E-state index contributed by atoms with van der Waals surface area (Å²) in [5.41, 5.74) is 0.442. The van der Waals surface area contributed by atoms with Crippen molar-refractivity contribution >= 4 is 17.3 Å². The summed E-state index contributed by atoms with van der Waals surface area (Å²) in [7, 11) is 4.57. The minimum Gasteiger partial charge on any atom is -0.493 e. The zero-order valence-electron chi connectivity index (χ0n) is 17.7. The number of methoxy groups -OCH3 is 1. The van der Waals surface area contributed by atoms with Crippen molar-refractivity contribution in [3.63, 3.8) is 0 Å². The highest BCUT2D eigenvalue weighted by Crippen LogP contribution is 2.33. The van der Waals surface area contributed by atoms with Gasteiger partial charge in [-0.25, -0.2) is 4.79 Å². The van der Waals surface area contributed by atoms with E-state index in [1.165, 1.54) is 37.4 Å². The van der Waals surface area contributed by atoms with Gasteiger partial charge in [0.25, 0.3) is 11.6 Å². The first-order valence-corrected chi connectivity index (χ1v) is 9.28. The first-order chi connectivity index (χ1) is 15.7. The van der Waals surface area contributed by atoms with Gasteiger partial charge in [-0.2, -0.15) is 13.8 Å². The van der Waals surface area contributed by atoms with E-state index < -0.39 is 24.1 Å². The van der Waals surface area contributed by atoms with Crippen LogP contribution >= 0.6 is 0 Å². The molecule has 0 saturated heterocycles. The van der Waals surface area contributed by atoms with E-state index in [0.717, 1.165) is 6.07 Å². The fourth-order valence-electron chi connectivity index (χ4n) is 2.82. The second-order valence-electron chi connectivity index (χ2n) is 6.69. The zero-order chi connectivity index (χ0) is 24.1. The molecule has 0 aliphatic rings. The molecule has 0 bridgehead atoms. The van der Waals surface area contributed by atoms with Gasteiger partial charge in [-0.1, -0.05) is 5.16 Å². The molecule has 11 nitrogen and oxygen atoms in total. The van der Waals surface area contributed by atoms with Crippen LogP contribution in [0, 0.1) is 10.1 Å². The van der Waals surface area contributed by atoms with Gasteiger partial charge in [-0.15, -0.1) is 0 Å². The van der Waals surface area contributed by atoms with Crippen LogP contribution in [-0.4, -0.2) is 48.8 Å². The Morgan fingerprint density at radius 1 is 1.21 bits per heavy atom. The molecular formula is C20H18F2N4O7. The molecule has 0 radical (unpaired) electrons. The Kier molecular flexibility index (Phi) is 7.00. The predicted molar refractivity (Wildman–Crippen MR) is 109 cm³/mol. The monoisotopic (exact) mass is 464 g/mol. The minimum absolute atomic E-state index is 0.0219. The number of anilines is 1. The van der Waals surface area contributed by atoms with Crippen LogP contribution in [-0.2, 0) is 11.3 Å². The van der Waals surface area contributed by atoms with E-state index in [-0.39, 0.29) is 34.5 Å². The molecule has 2 aromatic carbocycles. The molecule has 33 heavy (non-hydrogen) atoms. The highest BCUT2D eigenvalue weighted by Gasteiger charge is 2.21. The molecule has 0 atom stereocenters. The van der Waals surface area contributed by atoms with Crippen molar-refractivity contribution in [3.05, 3.63) is 58.0 Å². The maximum Gasteiger partial charge on any atom is 0.387 e. The van der Waals surface area contributed by atoms with Crippen molar-refractivity contribution in [2.75, 3.05) is 26.1 Å². The summed E-state index contributed by atoms with van der Waals surface area (Å²) in [5, 5.41) is 15.0. The number of hydrogen-bond acceptors (Lipinski definition) is 10. The van der Waals surface area contributed by atoms with E-state index in [4.69, 9.17) is 14.0 Å². The third-order valence-corrected chi connectivity index (χ3v) is 4.32. The average molecular weight is 464 g/mol. The molecule has 0 aliphatic heterocycles. The molecule has 0 aliphatic carbocycles. The Hall–Kier alpha value is -4.29. The van der Waals surface area contributed by atoms with E-state index in [9.17, 15) is 23.7 Å². The number of rotatable bonds is 9. The number of alkyl halides is 2. The lowest BCUT2D eigenvalue weighted by atomic mass is 10.1. The first-order valence-electron chi connectivity index (χ1n) is 9.28. The van der Waals surface area contributed by atoms with Gasteiger partial charge in [0, 0.05) is 25.7 Å². The first kappa shape index (κ1) is 23.4. The second kappa shape index (κ2) is 9.89. The highest BCUT2D eigenvalue weighted by atomic mass is 19.3. The summed E-state index contributed by atoms with van der Waals surface area (Å²) >= 11 is 0. The Morgan fingerprint density at radius 3 is 2.61 bits per heavy atom. The van der Waals surface area contributed by atoms with Crippen LogP contribution in [0.5, 0.6) is 11.5 Å². The van der Waals surface area contributed by atoms with E-state index in [2.05, 4.69) is 14.9 Å². The number of carbonyl (C=O) groups is 1. The maximum atomic E-state index is 12.5. The van der Waals surface area contributed by atoms with Gasteiger partial charge in [0.2, 0.25) is 5.82 Å². The summed E-state index contributed by atoms with van der Waals surface area (Å²) in [6.07, 6.45) is 0. The lowest BCUT2D eigenvalue weighted by molar-refractivity contribution is -0.384. The van der Waals surface area contributed by atoms with Crippen LogP contribution < -0.4 is 14.4 Å². The van der Waals surface area contributed by atoms with Crippen molar-refractivity contribution in [1.29, 1.82) is 0 Å². The summed E-state index contributed by atoms with van der Waals surface area (Å²) in [4.78, 5) is 28.6. The lowest BCUT2D eigenvalue weighted by Crippen LogP contribution is -2.12. The Morgan fingerprint density at radius 2 is 1.97 bits per heavy atom. The number of esters is 1. The molecule has 0 N–H and O–H groups in total. The number of carbonyl (C=O) groups excluding carboxylic acids is 1. The molecule has 0 unspecified atom stereocenters. The van der Waals surface area contributed by atoms with Gasteiger partial charge in [0.1, 0.15) is 5.69 Å². The van der Waals surface area contributed by atoms with Gasteiger partial charge >= 0.3 is 12.6 Å². The van der Waals surface area contributed by atoms with Crippen LogP contribution in [0.2, 0.25) is 0 Å². The summed E-state index contributed by atoms with van der Waals surface area (Å²) in [5.74, 6) is -0.909. The van der Waals surface area contributed by atoms with Crippen LogP contribution in [0.15, 0.2) is 40.9 Å². The molecular weight excluding hydrogens is 446 g/mol. The molecule has 174 valence electrons. The Labute approximate surface area is 185 Å². The number of nitro benzene ring substituents is 1. The number of ether oxygens (including phenoxy) is 3. The fourth-order valence-corrected chi connectivity index (χ4v) is 2.82. The van der Waals surface area contributed by atoms with Crippen molar-refractivity contribution in [2.45, 2.75) is 13.2 Å². The molecule has 3 rings (SSSR count). The fraction of sp³-hybridized carbons (Fsp3) is 0.250. The van der Waals surface area contributed by atoms with Crippen LogP contribution in [0.4, 0.5) is 20.2 Å². The third-order valence-electron chi connectivity index (χ3n) is 4.32. The topological polar surface area (TPSA) is 130 Å². The molecule has 0 amide bonds. The molecule has 1 heterocycles. The lowest BCUT2D eigenvalue weighted by Gasteiger charge is -2.13. The van der Waals surface area contributed by atoms with Crippen LogP contribution in [0.3, 0.4) is 0 Å². The quantitative estimate of drug-likeness (QED) is 0.263. The number of benzene rings is 2. The second-order valence-corrected chi connectivity index (χ2v) is 6.69. The van der Waals surface area contributed by atoms with Gasteiger partial charge in [-0.3, -0.25) is 10.1 Å². The standard InChI is InChI=1S/C20H18F2N4O7/c1-25(2)13-6-4-12(8-14(13)26(28)29)19(27)31-10-17-23-18(24-33-17)11-5-7-15(32-20(21)22)16(9-11)30-3/h4-9,20H,10H2,1-3H3. The molecule has 0 saturated carbocycles. The average Bonchev–Trinajstić information content (AvgIpc) is 3.25. The maximum absolute atomic E-state index is 12.5. The van der Waals surface area contributed by atoms with Crippen molar-refractivity contribution in [2.24, 2.45) is 0 Å². The van der Waals surface area contributed by atoms with E-state index in [1.807, 2.05) is 0 Å². The van der Waals surface area contributed by atoms with E-state index in [1.54, 1.807) is 19.0 Å². The molecule has 0 spiro atoms. The molecule has 13 heteroatoms. The predicted octanol–water partition coefficient (Wildman–Crippen LogP) is 3.68. The minimum atomic E-state index is -3.02. The Bertz CT molecular complexity index is 1170. The number of aromatic nitrogens is 2. The number of nitrogens with zero attached hydrogens (tertiary/aromatic N) is 4. The third kappa shape index (κ3) is 5.50. The molecule has 3 aromatic rings. The van der Waals surface area contributed by atoms with Crippen molar-refractivity contribution < 1.29 is 37.2 Å². The normalized spacial score (nSPS) is 10.7. The number of halogens is 2. The van der Waals surface area contributed by atoms with Crippen LogP contribution in [0.25, 0.3) is 11.4 Å². The van der Waals surface area contributed by atoms with E-state index in [0.29, 0.717) is 11.3 Å². The number of hydrogen-bond donors (Lipinski definition) is 0. The number of nitro groups is 1. The summed E-state index contributed by atoms with van der Waals surface area (Å²) in [6.45, 7) is -3.41. The Balaban J connectivity index is 1.71. The van der Waals surface area contributed by atoms with Gasteiger partial charge in [-0.05, 0) is 30.3 Å². The highest BCUT2D eigenvalue weighted by molar-refractivity contribution is 5.91. The molecule has 1 aromatic heterocycles. The summed E-state index contributed by atoms with van der Waals surface area (Å²) in [6, 6.07) is 8.02. The van der Waals surface area contributed by atoms with E-state index >= 15 is 0 Å². The SMILES string of the molecule is COc1cc(-c2noc(COC(=O)c3ccc(N(C)C)c([N+](=O)[O-])c3)n2)ccc1OC(F)F. The van der Waals surface area contributed by atoms with Gasteiger partial charge in [0.05, 0.1) is 17.6 Å². The zero-order valence-corrected chi connectivity index (χ0v) is 17.7. The summed E-state index contributed by atoms with van der Waals surface area (Å²) < 4.78 is 44.5. The van der Waals surface area contributed by atoms with Crippen molar-refractivity contribution in [3.8, 4) is 22.9 Å². The smallest absolute Gasteiger partial charge is 0.387 e. The van der Waals surface area contributed by atoms with Gasteiger partial charge < -0.3 is 23.6 Å². The largest absolute Gasteiger partial charge is 0.493 e. The molecule has 0 fully saturated rings. The van der Waals surface area contributed by atoms with Crippen LogP contribution in [0.1, 0.15) is 16.2 Å². The van der Waals surface area contributed by atoms with Crippen molar-refractivity contribution in [1.82, 2.24) is 10.1 Å². The van der Waals surface area contributed by atoms with Gasteiger partial charge in [0.15, 0.2) is 18.1 Å².